The molecule has 2 saturated carbocycles. The lowest BCUT2D eigenvalue weighted by molar-refractivity contribution is -0.246. The van der Waals surface area contributed by atoms with Crippen molar-refractivity contribution in [2.75, 3.05) is 0 Å². The highest BCUT2D eigenvalue weighted by molar-refractivity contribution is 5.94. The molecule has 0 radical (unpaired) electrons. The number of carbonyl (C=O) groups is 4. The fraction of sp³-hybridized carbons (Fsp3) is 0.667. The van der Waals surface area contributed by atoms with Gasteiger partial charge in [0.15, 0.2) is 0 Å². The third-order valence-corrected chi connectivity index (χ3v) is 7.54. The van der Waals surface area contributed by atoms with Gasteiger partial charge < -0.3 is 18.9 Å². The molecule has 0 amide bonds. The van der Waals surface area contributed by atoms with E-state index in [-0.39, 0.29) is 35.9 Å². The zero-order valence-electron chi connectivity index (χ0n) is 19.8. The Bertz CT molecular complexity index is 915. The van der Waals surface area contributed by atoms with Crippen molar-refractivity contribution in [1.82, 2.24) is 0 Å². The van der Waals surface area contributed by atoms with E-state index >= 15 is 0 Å². The Balaban J connectivity index is 2.17. The van der Waals surface area contributed by atoms with Crippen LogP contribution in [0.1, 0.15) is 67.7 Å². The van der Waals surface area contributed by atoms with Gasteiger partial charge in [-0.1, -0.05) is 19.9 Å². The highest BCUT2D eigenvalue weighted by Crippen LogP contribution is 2.61. The van der Waals surface area contributed by atoms with Gasteiger partial charge in [0, 0.05) is 42.7 Å². The summed E-state index contributed by atoms with van der Waals surface area (Å²) in [6.45, 7) is 11.6. The lowest BCUT2D eigenvalue weighted by Gasteiger charge is -2.58. The van der Waals surface area contributed by atoms with Crippen LogP contribution >= 0.6 is 0 Å². The zero-order valence-corrected chi connectivity index (χ0v) is 19.8. The van der Waals surface area contributed by atoms with Crippen LogP contribution in [-0.2, 0) is 38.1 Å². The fourth-order valence-corrected chi connectivity index (χ4v) is 5.56. The molecule has 3 aliphatic rings. The number of rotatable bonds is 4. The van der Waals surface area contributed by atoms with E-state index in [1.165, 1.54) is 13.8 Å². The average molecular weight is 449 g/mol. The Kier molecular flexibility index (Phi) is 6.28. The smallest absolute Gasteiger partial charge is 0.337 e. The second-order valence-electron chi connectivity index (χ2n) is 9.31. The van der Waals surface area contributed by atoms with Gasteiger partial charge in [0.2, 0.25) is 0 Å². The third-order valence-electron chi connectivity index (χ3n) is 7.54. The number of allylic oxidation sites excluding steroid dienone is 1. The molecule has 0 saturated heterocycles. The van der Waals surface area contributed by atoms with Crippen LogP contribution < -0.4 is 0 Å². The first-order chi connectivity index (χ1) is 14.9. The van der Waals surface area contributed by atoms with Crippen LogP contribution in [0.3, 0.4) is 0 Å². The summed E-state index contributed by atoms with van der Waals surface area (Å²) >= 11 is 0. The quantitative estimate of drug-likeness (QED) is 0.366. The van der Waals surface area contributed by atoms with Gasteiger partial charge >= 0.3 is 23.9 Å². The predicted molar refractivity (Wildman–Crippen MR) is 113 cm³/mol. The summed E-state index contributed by atoms with van der Waals surface area (Å²) in [6.07, 6.45) is 1.88. The highest BCUT2D eigenvalue weighted by Gasteiger charge is 2.67. The number of ether oxygens (including phenoxy) is 4. The normalized spacial score (nSPS) is 36.6. The van der Waals surface area contributed by atoms with Crippen LogP contribution in [0.5, 0.6) is 0 Å². The Morgan fingerprint density at radius 3 is 2.31 bits per heavy atom. The summed E-state index contributed by atoms with van der Waals surface area (Å²) in [4.78, 5) is 49.3. The predicted octanol–water partition coefficient (Wildman–Crippen LogP) is 3.38. The molecule has 2 aliphatic carbocycles. The van der Waals surface area contributed by atoms with E-state index in [4.69, 9.17) is 18.9 Å². The van der Waals surface area contributed by atoms with Gasteiger partial charge in [-0.3, -0.25) is 9.59 Å². The molecule has 0 bridgehead atoms. The van der Waals surface area contributed by atoms with E-state index in [1.54, 1.807) is 26.8 Å². The van der Waals surface area contributed by atoms with Gasteiger partial charge in [0.1, 0.15) is 12.2 Å². The molecule has 8 nitrogen and oxygen atoms in total. The molecule has 0 aromatic rings. The first kappa shape index (κ1) is 24.0. The summed E-state index contributed by atoms with van der Waals surface area (Å²) < 4.78 is 22.9. The van der Waals surface area contributed by atoms with Crippen LogP contribution in [-0.4, -0.2) is 41.9 Å². The van der Waals surface area contributed by atoms with Gasteiger partial charge in [-0.05, 0) is 39.5 Å². The van der Waals surface area contributed by atoms with Crippen molar-refractivity contribution in [2.24, 2.45) is 17.3 Å². The number of hydrogen-bond donors (Lipinski definition) is 0. The van der Waals surface area contributed by atoms with Crippen LogP contribution in [0.4, 0.5) is 0 Å². The first-order valence-electron chi connectivity index (χ1n) is 11.0. The number of carbonyl (C=O) groups excluding carboxylic acids is 4. The standard InChI is InChI=1S/C24H32O8/c1-8-12(2)21(27)30-20-19-13(3)22(28)32-24(19,31-16(6)26)11-17-9-10-18(29-15(5)25)14(4)23(17,20)7/h8,14,17-18,20H,9-11H2,1-7H3. The van der Waals surface area contributed by atoms with Crippen molar-refractivity contribution >= 4 is 23.9 Å². The molecule has 0 aromatic heterocycles. The van der Waals surface area contributed by atoms with Crippen LogP contribution in [0, 0.1) is 17.3 Å². The molecule has 8 heteroatoms. The number of fused-ring (bicyclic) bond motifs is 2. The molecule has 0 N–H and O–H groups in total. The Morgan fingerprint density at radius 2 is 1.75 bits per heavy atom. The van der Waals surface area contributed by atoms with Crippen LogP contribution in [0.25, 0.3) is 0 Å². The monoisotopic (exact) mass is 448 g/mol. The lowest BCUT2D eigenvalue weighted by Crippen LogP contribution is -2.62. The van der Waals surface area contributed by atoms with Gasteiger partial charge in [-0.25, -0.2) is 9.59 Å². The maximum absolute atomic E-state index is 12.9. The molecule has 3 rings (SSSR count). The largest absolute Gasteiger partial charge is 0.462 e. The third kappa shape index (κ3) is 3.73. The lowest BCUT2D eigenvalue weighted by atomic mass is 9.51. The Hall–Kier alpha value is -2.64. The summed E-state index contributed by atoms with van der Waals surface area (Å²) in [7, 11) is 0. The SMILES string of the molecule is CC=C(C)C(=O)OC1C2=C(C)C(=O)OC2(OC(C)=O)CC2CCC(OC(C)=O)C(C)C21C. The van der Waals surface area contributed by atoms with E-state index in [0.29, 0.717) is 24.0 Å². The molecule has 1 aliphatic heterocycles. The van der Waals surface area contributed by atoms with Crippen molar-refractivity contribution in [3.05, 3.63) is 22.8 Å². The summed E-state index contributed by atoms with van der Waals surface area (Å²) in [6, 6.07) is 0. The first-order valence-corrected chi connectivity index (χ1v) is 11.0. The van der Waals surface area contributed by atoms with Gasteiger partial charge in [0.25, 0.3) is 5.79 Å². The van der Waals surface area contributed by atoms with E-state index in [2.05, 4.69) is 0 Å². The molecular weight excluding hydrogens is 416 g/mol. The van der Waals surface area contributed by atoms with E-state index in [1.807, 2.05) is 13.8 Å². The van der Waals surface area contributed by atoms with Gasteiger partial charge in [0.05, 0.1) is 5.57 Å². The zero-order chi connectivity index (χ0) is 24.0. The summed E-state index contributed by atoms with van der Waals surface area (Å²) in [5.74, 6) is -4.00. The molecule has 6 atom stereocenters. The van der Waals surface area contributed by atoms with Crippen LogP contribution in [0.2, 0.25) is 0 Å². The fourth-order valence-electron chi connectivity index (χ4n) is 5.56. The van der Waals surface area contributed by atoms with E-state index in [0.717, 1.165) is 0 Å². The maximum Gasteiger partial charge on any atom is 0.337 e. The molecule has 2 fully saturated rings. The molecule has 1 heterocycles. The summed E-state index contributed by atoms with van der Waals surface area (Å²) in [5.41, 5.74) is 0.362. The second kappa shape index (κ2) is 8.37. The molecule has 0 aromatic carbocycles. The second-order valence-corrected chi connectivity index (χ2v) is 9.31. The average Bonchev–Trinajstić information content (AvgIpc) is 2.94. The van der Waals surface area contributed by atoms with Crippen molar-refractivity contribution < 1.29 is 38.1 Å². The Labute approximate surface area is 188 Å². The molecule has 176 valence electrons. The maximum atomic E-state index is 12.9. The summed E-state index contributed by atoms with van der Waals surface area (Å²) in [5, 5.41) is 0. The Morgan fingerprint density at radius 1 is 1.09 bits per heavy atom. The molecule has 32 heavy (non-hydrogen) atoms. The van der Waals surface area contributed by atoms with Crippen molar-refractivity contribution in [3.63, 3.8) is 0 Å². The highest BCUT2D eigenvalue weighted by atomic mass is 16.7. The van der Waals surface area contributed by atoms with Gasteiger partial charge in [-0.2, -0.15) is 0 Å². The number of esters is 4. The van der Waals surface area contributed by atoms with Gasteiger partial charge in [-0.15, -0.1) is 0 Å². The van der Waals surface area contributed by atoms with Crippen molar-refractivity contribution in [2.45, 2.75) is 85.7 Å². The van der Waals surface area contributed by atoms with Crippen molar-refractivity contribution in [1.29, 1.82) is 0 Å². The molecular formula is C24H32O8. The van der Waals surface area contributed by atoms with Crippen molar-refractivity contribution in [3.8, 4) is 0 Å². The minimum absolute atomic E-state index is 0.116. The number of hydrogen-bond acceptors (Lipinski definition) is 8. The minimum Gasteiger partial charge on any atom is -0.462 e. The molecule has 0 spiro atoms. The van der Waals surface area contributed by atoms with E-state index in [9.17, 15) is 19.2 Å². The minimum atomic E-state index is -1.60. The van der Waals surface area contributed by atoms with E-state index < -0.39 is 35.2 Å². The molecule has 6 unspecified atom stereocenters. The van der Waals surface area contributed by atoms with Crippen LogP contribution in [0.15, 0.2) is 22.8 Å². The topological polar surface area (TPSA) is 105 Å².